The number of imidazole rings is 1. The van der Waals surface area contributed by atoms with E-state index in [0.29, 0.717) is 23.5 Å². The first-order chi connectivity index (χ1) is 11.7. The Hall–Kier alpha value is -3.28. The Morgan fingerprint density at radius 2 is 1.92 bits per heavy atom. The van der Waals surface area contributed by atoms with E-state index in [0.717, 1.165) is 11.1 Å². The average Bonchev–Trinajstić information content (AvgIpc) is 2.99. The van der Waals surface area contributed by atoms with E-state index in [2.05, 4.69) is 15.0 Å². The highest BCUT2D eigenvalue weighted by Gasteiger charge is 2.12. The lowest BCUT2D eigenvalue weighted by Crippen LogP contribution is -2.13. The molecule has 1 N–H and O–H groups in total. The summed E-state index contributed by atoms with van der Waals surface area (Å²) in [6.07, 6.45) is 1.55. The minimum Gasteiger partial charge on any atom is -0.320 e. The molecule has 24 heavy (non-hydrogen) atoms. The summed E-state index contributed by atoms with van der Waals surface area (Å²) >= 11 is 0. The lowest BCUT2D eigenvalue weighted by atomic mass is 10.2. The summed E-state index contributed by atoms with van der Waals surface area (Å²) in [5.74, 6) is 0.166. The van der Waals surface area contributed by atoms with Crippen LogP contribution >= 0.6 is 0 Å². The highest BCUT2D eigenvalue weighted by Crippen LogP contribution is 2.16. The van der Waals surface area contributed by atoms with Gasteiger partial charge in [-0.25, -0.2) is 14.4 Å². The number of rotatable bonds is 3. The van der Waals surface area contributed by atoms with E-state index in [1.165, 1.54) is 12.1 Å². The van der Waals surface area contributed by atoms with E-state index in [9.17, 15) is 9.18 Å². The zero-order valence-electron chi connectivity index (χ0n) is 12.6. The van der Waals surface area contributed by atoms with Crippen molar-refractivity contribution < 1.29 is 4.39 Å². The molecule has 4 rings (SSSR count). The second-order valence-electron chi connectivity index (χ2n) is 5.46. The van der Waals surface area contributed by atoms with Crippen molar-refractivity contribution in [2.24, 2.45) is 0 Å². The summed E-state index contributed by atoms with van der Waals surface area (Å²) in [6, 6.07) is 15.6. The van der Waals surface area contributed by atoms with Gasteiger partial charge in [0.05, 0.1) is 6.33 Å². The van der Waals surface area contributed by atoms with Crippen LogP contribution < -0.4 is 5.56 Å². The van der Waals surface area contributed by atoms with Gasteiger partial charge in [-0.3, -0.25) is 4.79 Å². The quantitative estimate of drug-likeness (QED) is 0.631. The Morgan fingerprint density at radius 1 is 1.08 bits per heavy atom. The van der Waals surface area contributed by atoms with Crippen molar-refractivity contribution >= 4 is 11.2 Å². The minimum absolute atomic E-state index is 0.271. The van der Waals surface area contributed by atoms with Crippen molar-refractivity contribution in [1.82, 2.24) is 19.5 Å². The van der Waals surface area contributed by atoms with E-state index < -0.39 is 0 Å². The molecule has 2 aromatic carbocycles. The molecule has 0 atom stereocenters. The first kappa shape index (κ1) is 14.3. The summed E-state index contributed by atoms with van der Waals surface area (Å²) in [6.45, 7) is 0.351. The van der Waals surface area contributed by atoms with Crippen LogP contribution in [0.2, 0.25) is 0 Å². The van der Waals surface area contributed by atoms with Crippen molar-refractivity contribution in [2.75, 3.05) is 0 Å². The monoisotopic (exact) mass is 320 g/mol. The van der Waals surface area contributed by atoms with Crippen LogP contribution in [0.25, 0.3) is 22.6 Å². The molecule has 0 unspecified atom stereocenters. The number of benzene rings is 2. The number of halogens is 1. The van der Waals surface area contributed by atoms with Crippen LogP contribution in [0.5, 0.6) is 0 Å². The fraction of sp³-hybridized carbons (Fsp3) is 0.0556. The Balaban J connectivity index is 1.79. The van der Waals surface area contributed by atoms with Crippen LogP contribution in [0.3, 0.4) is 0 Å². The van der Waals surface area contributed by atoms with Crippen LogP contribution in [0.15, 0.2) is 65.7 Å². The molecule has 0 fully saturated rings. The highest BCUT2D eigenvalue weighted by molar-refractivity contribution is 5.72. The van der Waals surface area contributed by atoms with Gasteiger partial charge >= 0.3 is 0 Å². The zero-order chi connectivity index (χ0) is 16.5. The number of aromatic nitrogens is 4. The normalized spacial score (nSPS) is 11.0. The molecule has 0 aliphatic heterocycles. The minimum atomic E-state index is -0.310. The molecule has 2 aromatic heterocycles. The summed E-state index contributed by atoms with van der Waals surface area (Å²) in [4.78, 5) is 23.9. The number of hydrogen-bond acceptors (Lipinski definition) is 3. The van der Waals surface area contributed by atoms with Crippen molar-refractivity contribution in [2.45, 2.75) is 6.54 Å². The van der Waals surface area contributed by atoms with Crippen molar-refractivity contribution in [3.63, 3.8) is 0 Å². The van der Waals surface area contributed by atoms with Gasteiger partial charge in [0.1, 0.15) is 11.6 Å². The molecule has 0 radical (unpaired) electrons. The van der Waals surface area contributed by atoms with Gasteiger partial charge in [-0.2, -0.15) is 0 Å². The molecule has 0 saturated heterocycles. The molecule has 6 heteroatoms. The average molecular weight is 320 g/mol. The van der Waals surface area contributed by atoms with Crippen LogP contribution in [-0.2, 0) is 6.54 Å². The van der Waals surface area contributed by atoms with E-state index in [1.807, 2.05) is 30.3 Å². The number of nitrogens with one attached hydrogen (secondary N) is 1. The van der Waals surface area contributed by atoms with Gasteiger partial charge < -0.3 is 9.55 Å². The van der Waals surface area contributed by atoms with Crippen molar-refractivity contribution in [3.05, 3.63) is 82.7 Å². The summed E-state index contributed by atoms with van der Waals surface area (Å²) in [5, 5.41) is 0. The third-order valence-electron chi connectivity index (χ3n) is 3.77. The van der Waals surface area contributed by atoms with Gasteiger partial charge in [0.25, 0.3) is 5.56 Å². The van der Waals surface area contributed by atoms with Gasteiger partial charge in [0, 0.05) is 12.1 Å². The molecule has 0 bridgehead atoms. The van der Waals surface area contributed by atoms with Gasteiger partial charge in [-0.15, -0.1) is 0 Å². The smallest absolute Gasteiger partial charge is 0.277 e. The fourth-order valence-corrected chi connectivity index (χ4v) is 2.67. The molecule has 0 aliphatic carbocycles. The van der Waals surface area contributed by atoms with Crippen molar-refractivity contribution in [3.8, 4) is 11.4 Å². The Kier molecular flexibility index (Phi) is 3.42. The van der Waals surface area contributed by atoms with Gasteiger partial charge in [0.15, 0.2) is 11.2 Å². The van der Waals surface area contributed by atoms with Gasteiger partial charge in [0.2, 0.25) is 0 Å². The van der Waals surface area contributed by atoms with Gasteiger partial charge in [-0.1, -0.05) is 42.5 Å². The molecule has 5 nitrogen and oxygen atoms in total. The standard InChI is InChI=1S/C18H13FN4O/c19-14-8-4-5-12(9-14)10-23-11-20-17-15(23)18(24)22-16(21-17)13-6-2-1-3-7-13/h1-9,11H,10H2,(H,21,22,24). The van der Waals surface area contributed by atoms with Crippen LogP contribution in [-0.4, -0.2) is 19.5 Å². The highest BCUT2D eigenvalue weighted by atomic mass is 19.1. The van der Waals surface area contributed by atoms with Crippen molar-refractivity contribution in [1.29, 1.82) is 0 Å². The van der Waals surface area contributed by atoms with E-state index in [4.69, 9.17) is 0 Å². The molecule has 0 amide bonds. The summed E-state index contributed by atoms with van der Waals surface area (Å²) in [5.41, 5.74) is 2.04. The number of aromatic amines is 1. The maximum atomic E-state index is 13.3. The van der Waals surface area contributed by atoms with E-state index in [-0.39, 0.29) is 11.4 Å². The third-order valence-corrected chi connectivity index (χ3v) is 3.77. The number of nitrogens with zero attached hydrogens (tertiary/aromatic N) is 3. The zero-order valence-corrected chi connectivity index (χ0v) is 12.6. The van der Waals surface area contributed by atoms with Crippen LogP contribution in [0.4, 0.5) is 4.39 Å². The van der Waals surface area contributed by atoms with Crippen LogP contribution in [0.1, 0.15) is 5.56 Å². The number of hydrogen-bond donors (Lipinski definition) is 1. The first-order valence-electron chi connectivity index (χ1n) is 7.46. The second kappa shape index (κ2) is 5.73. The summed E-state index contributed by atoms with van der Waals surface area (Å²) < 4.78 is 15.0. The Bertz CT molecular complexity index is 1070. The molecule has 4 aromatic rings. The predicted octanol–water partition coefficient (Wildman–Crippen LogP) is 2.97. The molecular weight excluding hydrogens is 307 g/mol. The first-order valence-corrected chi connectivity index (χ1v) is 7.46. The Morgan fingerprint density at radius 3 is 2.71 bits per heavy atom. The van der Waals surface area contributed by atoms with E-state index in [1.54, 1.807) is 23.0 Å². The molecule has 118 valence electrons. The van der Waals surface area contributed by atoms with Crippen LogP contribution in [0, 0.1) is 5.82 Å². The third kappa shape index (κ3) is 2.58. The molecule has 0 spiro atoms. The molecule has 0 saturated carbocycles. The molecule has 0 aliphatic rings. The Labute approximate surface area is 136 Å². The van der Waals surface area contributed by atoms with E-state index >= 15 is 0 Å². The SMILES string of the molecule is O=c1[nH]c(-c2ccccc2)nc2ncn(Cc3cccc(F)c3)c12. The topological polar surface area (TPSA) is 63.6 Å². The van der Waals surface area contributed by atoms with Gasteiger partial charge in [-0.05, 0) is 17.7 Å². The maximum Gasteiger partial charge on any atom is 0.277 e. The lowest BCUT2D eigenvalue weighted by Gasteiger charge is -2.05. The molecular formula is C18H13FN4O. The number of H-pyrrole nitrogens is 1. The predicted molar refractivity (Wildman–Crippen MR) is 89.1 cm³/mol. The fourth-order valence-electron chi connectivity index (χ4n) is 2.67. The second-order valence-corrected chi connectivity index (χ2v) is 5.46. The maximum absolute atomic E-state index is 13.3. The largest absolute Gasteiger partial charge is 0.320 e. The summed E-state index contributed by atoms with van der Waals surface area (Å²) in [7, 11) is 0. The number of fused-ring (bicyclic) bond motifs is 1. The lowest BCUT2D eigenvalue weighted by molar-refractivity contribution is 0.624. The molecule has 2 heterocycles.